The molecule has 0 aliphatic heterocycles. The van der Waals surface area contributed by atoms with Crippen LogP contribution in [0.2, 0.25) is 5.15 Å². The van der Waals surface area contributed by atoms with Gasteiger partial charge in [0.2, 0.25) is 0 Å². The molecule has 2 aromatic rings. The van der Waals surface area contributed by atoms with Crippen molar-refractivity contribution >= 4 is 35.3 Å². The molecule has 0 amide bonds. The molecule has 0 aliphatic rings. The lowest BCUT2D eigenvalue weighted by molar-refractivity contribution is 0.964. The highest BCUT2D eigenvalue weighted by molar-refractivity contribution is 7.80. The van der Waals surface area contributed by atoms with E-state index >= 15 is 0 Å². The van der Waals surface area contributed by atoms with Gasteiger partial charge in [0.25, 0.3) is 0 Å². The van der Waals surface area contributed by atoms with Gasteiger partial charge in [-0.2, -0.15) is 12.6 Å². The Morgan fingerprint density at radius 1 is 1.36 bits per heavy atom. The number of hydrogen-bond acceptors (Lipinski definition) is 4. The van der Waals surface area contributed by atoms with Crippen LogP contribution in [-0.2, 0) is 6.42 Å². The molecule has 0 saturated carbocycles. The highest BCUT2D eigenvalue weighted by Crippen LogP contribution is 2.18. The van der Waals surface area contributed by atoms with E-state index in [1.54, 1.807) is 6.20 Å². The largest absolute Gasteiger partial charge is 0.236 e. The summed E-state index contributed by atoms with van der Waals surface area (Å²) in [6.07, 6.45) is 2.39. The van der Waals surface area contributed by atoms with E-state index in [-0.39, 0.29) is 0 Å². The van der Waals surface area contributed by atoms with Gasteiger partial charge >= 0.3 is 0 Å². The summed E-state index contributed by atoms with van der Waals surface area (Å²) in [7, 11) is 0. The first-order valence-corrected chi connectivity index (χ1v) is 5.20. The Kier molecular flexibility index (Phi) is 2.84. The molecule has 0 aliphatic carbocycles. The molecule has 72 valence electrons. The lowest BCUT2D eigenvalue weighted by Gasteiger charge is -2.01. The van der Waals surface area contributed by atoms with Gasteiger partial charge in [0.15, 0.2) is 5.65 Å². The van der Waals surface area contributed by atoms with E-state index in [4.69, 9.17) is 11.6 Å². The monoisotopic (exact) mass is 225 g/mol. The molecule has 0 atom stereocenters. The quantitative estimate of drug-likeness (QED) is 0.629. The Morgan fingerprint density at radius 2 is 2.21 bits per heavy atom. The summed E-state index contributed by atoms with van der Waals surface area (Å²) in [4.78, 5) is 12.6. The molecule has 0 aromatic carbocycles. The van der Waals surface area contributed by atoms with E-state index in [0.29, 0.717) is 28.8 Å². The smallest absolute Gasteiger partial charge is 0.164 e. The molecule has 0 unspecified atom stereocenters. The van der Waals surface area contributed by atoms with Crippen molar-refractivity contribution in [2.24, 2.45) is 0 Å². The maximum Gasteiger partial charge on any atom is 0.164 e. The van der Waals surface area contributed by atoms with Crippen LogP contribution in [0.15, 0.2) is 18.3 Å². The van der Waals surface area contributed by atoms with Gasteiger partial charge in [-0.25, -0.2) is 15.0 Å². The third-order valence-electron chi connectivity index (χ3n) is 1.81. The highest BCUT2D eigenvalue weighted by atomic mass is 35.5. The molecule has 2 heterocycles. The van der Waals surface area contributed by atoms with Gasteiger partial charge in [0, 0.05) is 12.6 Å². The number of halogens is 1. The Bertz CT molecular complexity index is 461. The second kappa shape index (κ2) is 4.11. The SMILES string of the molecule is SCCc1nc(Cl)c2cccnc2n1. The molecule has 0 fully saturated rings. The molecule has 14 heavy (non-hydrogen) atoms. The van der Waals surface area contributed by atoms with Crippen LogP contribution in [0.4, 0.5) is 0 Å². The van der Waals surface area contributed by atoms with Gasteiger partial charge in [0.1, 0.15) is 11.0 Å². The van der Waals surface area contributed by atoms with Gasteiger partial charge in [0.05, 0.1) is 5.39 Å². The molecule has 0 saturated heterocycles. The van der Waals surface area contributed by atoms with Crippen molar-refractivity contribution in [2.75, 3.05) is 5.75 Å². The topological polar surface area (TPSA) is 38.7 Å². The molecular weight excluding hydrogens is 218 g/mol. The molecule has 3 nitrogen and oxygen atoms in total. The molecule has 0 radical (unpaired) electrons. The zero-order valence-corrected chi connectivity index (χ0v) is 8.96. The standard InChI is InChI=1S/C9H8ClN3S/c10-8-6-2-1-4-11-9(6)13-7(12-8)3-5-14/h1-2,4,14H,3,5H2. The van der Waals surface area contributed by atoms with E-state index in [1.807, 2.05) is 12.1 Å². The van der Waals surface area contributed by atoms with Gasteiger partial charge in [-0.05, 0) is 17.9 Å². The molecule has 0 N–H and O–H groups in total. The van der Waals surface area contributed by atoms with Crippen molar-refractivity contribution in [3.8, 4) is 0 Å². The van der Waals surface area contributed by atoms with Crippen LogP contribution in [0.1, 0.15) is 5.82 Å². The van der Waals surface area contributed by atoms with Gasteiger partial charge in [-0.3, -0.25) is 0 Å². The maximum absolute atomic E-state index is 5.98. The Hall–Kier alpha value is -0.870. The fourth-order valence-corrected chi connectivity index (χ4v) is 1.62. The van der Waals surface area contributed by atoms with Crippen LogP contribution >= 0.6 is 24.2 Å². The summed E-state index contributed by atoms with van der Waals surface area (Å²) in [5.41, 5.74) is 0.643. The number of fused-ring (bicyclic) bond motifs is 1. The Labute approximate surface area is 92.0 Å². The van der Waals surface area contributed by atoms with Crippen molar-refractivity contribution in [1.82, 2.24) is 15.0 Å². The van der Waals surface area contributed by atoms with E-state index in [1.165, 1.54) is 0 Å². The van der Waals surface area contributed by atoms with Crippen molar-refractivity contribution in [3.63, 3.8) is 0 Å². The number of aryl methyl sites for hydroxylation is 1. The minimum absolute atomic E-state index is 0.458. The fraction of sp³-hybridized carbons (Fsp3) is 0.222. The van der Waals surface area contributed by atoms with Crippen molar-refractivity contribution < 1.29 is 0 Å². The van der Waals surface area contributed by atoms with Gasteiger partial charge < -0.3 is 0 Å². The van der Waals surface area contributed by atoms with E-state index < -0.39 is 0 Å². The average Bonchev–Trinajstić information content (AvgIpc) is 2.18. The second-order valence-electron chi connectivity index (χ2n) is 2.78. The molecule has 0 spiro atoms. The summed E-state index contributed by atoms with van der Waals surface area (Å²) in [6.45, 7) is 0. The second-order valence-corrected chi connectivity index (χ2v) is 3.58. The van der Waals surface area contributed by atoms with E-state index in [2.05, 4.69) is 27.6 Å². The molecule has 2 rings (SSSR count). The predicted molar refractivity (Wildman–Crippen MR) is 59.9 cm³/mol. The molecule has 0 bridgehead atoms. The minimum atomic E-state index is 0.458. The lowest BCUT2D eigenvalue weighted by Crippen LogP contribution is -1.98. The van der Waals surface area contributed by atoms with Crippen LogP contribution < -0.4 is 0 Å². The number of pyridine rings is 1. The number of rotatable bonds is 2. The summed E-state index contributed by atoms with van der Waals surface area (Å²) in [5.74, 6) is 1.39. The fourth-order valence-electron chi connectivity index (χ4n) is 1.18. The van der Waals surface area contributed by atoms with Crippen LogP contribution in [0.5, 0.6) is 0 Å². The number of nitrogens with zero attached hydrogens (tertiary/aromatic N) is 3. The zero-order chi connectivity index (χ0) is 9.97. The molecular formula is C9H8ClN3S. The average molecular weight is 226 g/mol. The number of aromatic nitrogens is 3. The maximum atomic E-state index is 5.98. The van der Waals surface area contributed by atoms with Crippen LogP contribution in [0.3, 0.4) is 0 Å². The van der Waals surface area contributed by atoms with Gasteiger partial charge in [-0.1, -0.05) is 11.6 Å². The van der Waals surface area contributed by atoms with Crippen molar-refractivity contribution in [2.45, 2.75) is 6.42 Å². The first kappa shape index (κ1) is 9.68. The normalized spacial score (nSPS) is 10.7. The zero-order valence-electron chi connectivity index (χ0n) is 7.31. The third kappa shape index (κ3) is 1.81. The van der Waals surface area contributed by atoms with Crippen LogP contribution in [0, 0.1) is 0 Å². The Balaban J connectivity index is 2.60. The van der Waals surface area contributed by atoms with Gasteiger partial charge in [-0.15, -0.1) is 0 Å². The summed E-state index contributed by atoms with van der Waals surface area (Å²) in [5, 5.41) is 1.25. The van der Waals surface area contributed by atoms with E-state index in [0.717, 1.165) is 5.39 Å². The highest BCUT2D eigenvalue weighted by Gasteiger charge is 2.05. The molecule has 5 heteroatoms. The minimum Gasteiger partial charge on any atom is -0.236 e. The number of hydrogen-bond donors (Lipinski definition) is 1. The lowest BCUT2D eigenvalue weighted by atomic mass is 10.3. The summed E-state index contributed by atoms with van der Waals surface area (Å²) in [6, 6.07) is 3.67. The summed E-state index contributed by atoms with van der Waals surface area (Å²) >= 11 is 10.1. The first-order valence-electron chi connectivity index (χ1n) is 4.19. The number of thiol groups is 1. The Morgan fingerprint density at radius 3 is 3.00 bits per heavy atom. The molecule has 2 aromatic heterocycles. The third-order valence-corrected chi connectivity index (χ3v) is 2.32. The first-order chi connectivity index (χ1) is 6.81. The van der Waals surface area contributed by atoms with Crippen LogP contribution in [0.25, 0.3) is 11.0 Å². The van der Waals surface area contributed by atoms with Crippen molar-refractivity contribution in [1.29, 1.82) is 0 Å². The van der Waals surface area contributed by atoms with Crippen molar-refractivity contribution in [3.05, 3.63) is 29.3 Å². The van der Waals surface area contributed by atoms with E-state index in [9.17, 15) is 0 Å². The predicted octanol–water partition coefficient (Wildman–Crippen LogP) is 2.15. The summed E-state index contributed by atoms with van der Waals surface area (Å²) < 4.78 is 0. The van der Waals surface area contributed by atoms with Crippen LogP contribution in [-0.4, -0.2) is 20.7 Å².